The maximum Gasteiger partial charge on any atom is 0.00448 e. The van der Waals surface area contributed by atoms with Crippen LogP contribution in [0.1, 0.15) is 19.3 Å². The molecule has 0 radical (unpaired) electrons. The van der Waals surface area contributed by atoms with Gasteiger partial charge in [0, 0.05) is 12.6 Å². The van der Waals surface area contributed by atoms with Gasteiger partial charge in [-0.05, 0) is 44.7 Å². The molecule has 1 heterocycles. The van der Waals surface area contributed by atoms with Crippen molar-refractivity contribution >= 4 is 0 Å². The van der Waals surface area contributed by atoms with Crippen LogP contribution in [-0.2, 0) is 0 Å². The van der Waals surface area contributed by atoms with Crippen LogP contribution < -0.4 is 5.73 Å². The summed E-state index contributed by atoms with van der Waals surface area (Å²) in [5, 5.41) is 0. The first-order valence-corrected chi connectivity index (χ1v) is 4.70. The van der Waals surface area contributed by atoms with Crippen molar-refractivity contribution in [3.8, 4) is 0 Å². The van der Waals surface area contributed by atoms with Gasteiger partial charge < -0.3 is 10.6 Å². The van der Waals surface area contributed by atoms with Crippen molar-refractivity contribution in [1.82, 2.24) is 4.90 Å². The maximum atomic E-state index is 5.92. The Morgan fingerprint density at radius 3 is 2.82 bits per heavy atom. The van der Waals surface area contributed by atoms with Gasteiger partial charge in [-0.25, -0.2) is 0 Å². The van der Waals surface area contributed by atoms with Crippen molar-refractivity contribution in [2.45, 2.75) is 25.3 Å². The lowest BCUT2D eigenvalue weighted by atomic mass is 9.89. The van der Waals surface area contributed by atoms with Crippen molar-refractivity contribution in [1.29, 1.82) is 0 Å². The molecule has 0 bridgehead atoms. The first kappa shape index (κ1) is 7.56. The first-order valence-electron chi connectivity index (χ1n) is 4.70. The lowest BCUT2D eigenvalue weighted by molar-refractivity contribution is 0.166. The van der Waals surface area contributed by atoms with Gasteiger partial charge in [-0.15, -0.1) is 0 Å². The average molecular weight is 154 g/mol. The van der Waals surface area contributed by atoms with Gasteiger partial charge in [0.15, 0.2) is 0 Å². The second-order valence-electron chi connectivity index (χ2n) is 4.30. The highest BCUT2D eigenvalue weighted by molar-refractivity contribution is 4.89. The zero-order chi connectivity index (χ0) is 7.84. The third-order valence-corrected chi connectivity index (χ3v) is 3.31. The Hall–Kier alpha value is -0.0800. The van der Waals surface area contributed by atoms with Gasteiger partial charge in [-0.1, -0.05) is 0 Å². The largest absolute Gasteiger partial charge is 0.328 e. The van der Waals surface area contributed by atoms with Gasteiger partial charge in [0.25, 0.3) is 0 Å². The Morgan fingerprint density at radius 2 is 2.00 bits per heavy atom. The summed E-state index contributed by atoms with van der Waals surface area (Å²) in [7, 11) is 2.22. The van der Waals surface area contributed by atoms with E-state index in [1.807, 2.05) is 0 Å². The molecular formula is C9H18N2. The zero-order valence-electron chi connectivity index (χ0n) is 7.29. The van der Waals surface area contributed by atoms with Crippen LogP contribution in [-0.4, -0.2) is 31.1 Å². The molecule has 0 spiro atoms. The number of fused-ring (bicyclic) bond motifs is 1. The number of piperidine rings is 1. The molecule has 64 valence electrons. The highest BCUT2D eigenvalue weighted by Gasteiger charge is 2.35. The molecule has 0 aromatic carbocycles. The SMILES string of the molecule is CN1CC[C@@H]2C[C@H](N)C[C@@H]2C1. The summed E-state index contributed by atoms with van der Waals surface area (Å²) in [5.41, 5.74) is 5.92. The van der Waals surface area contributed by atoms with Crippen LogP contribution in [0, 0.1) is 11.8 Å². The Bertz CT molecular complexity index is 146. The molecule has 1 saturated heterocycles. The molecule has 3 atom stereocenters. The Balaban J connectivity index is 1.97. The van der Waals surface area contributed by atoms with E-state index in [9.17, 15) is 0 Å². The summed E-state index contributed by atoms with van der Waals surface area (Å²) < 4.78 is 0. The second kappa shape index (κ2) is 2.76. The highest BCUT2D eigenvalue weighted by Crippen LogP contribution is 2.36. The quantitative estimate of drug-likeness (QED) is 0.556. The van der Waals surface area contributed by atoms with Gasteiger partial charge in [-0.3, -0.25) is 0 Å². The molecule has 0 aromatic heterocycles. The molecule has 2 rings (SSSR count). The molecular weight excluding hydrogens is 136 g/mol. The van der Waals surface area contributed by atoms with Gasteiger partial charge >= 0.3 is 0 Å². The third kappa shape index (κ3) is 1.42. The zero-order valence-corrected chi connectivity index (χ0v) is 7.29. The molecule has 0 amide bonds. The summed E-state index contributed by atoms with van der Waals surface area (Å²) in [6.07, 6.45) is 3.95. The molecule has 1 aliphatic heterocycles. The summed E-state index contributed by atoms with van der Waals surface area (Å²) in [4.78, 5) is 2.44. The van der Waals surface area contributed by atoms with E-state index in [1.165, 1.54) is 32.4 Å². The summed E-state index contributed by atoms with van der Waals surface area (Å²) in [6, 6.07) is 0.511. The molecule has 2 aliphatic rings. The van der Waals surface area contributed by atoms with Crippen molar-refractivity contribution < 1.29 is 0 Å². The van der Waals surface area contributed by atoms with Gasteiger partial charge in [-0.2, -0.15) is 0 Å². The Kier molecular flexibility index (Phi) is 1.90. The molecule has 0 aromatic rings. The van der Waals surface area contributed by atoms with Crippen LogP contribution in [0.5, 0.6) is 0 Å². The van der Waals surface area contributed by atoms with Crippen molar-refractivity contribution in [2.24, 2.45) is 17.6 Å². The smallest absolute Gasteiger partial charge is 0.00448 e. The molecule has 11 heavy (non-hydrogen) atoms. The number of nitrogens with zero attached hydrogens (tertiary/aromatic N) is 1. The lowest BCUT2D eigenvalue weighted by Gasteiger charge is -2.32. The maximum absolute atomic E-state index is 5.92. The summed E-state index contributed by atoms with van der Waals surface area (Å²) in [6.45, 7) is 2.58. The molecule has 2 nitrogen and oxygen atoms in total. The number of hydrogen-bond donors (Lipinski definition) is 1. The number of likely N-dealkylation sites (tertiary alicyclic amines) is 1. The fourth-order valence-corrected chi connectivity index (χ4v) is 2.71. The van der Waals surface area contributed by atoms with E-state index in [-0.39, 0.29) is 0 Å². The van der Waals surface area contributed by atoms with Crippen LogP contribution in [0.3, 0.4) is 0 Å². The topological polar surface area (TPSA) is 29.3 Å². The number of nitrogens with two attached hydrogens (primary N) is 1. The molecule has 1 saturated carbocycles. The van der Waals surface area contributed by atoms with E-state index >= 15 is 0 Å². The number of hydrogen-bond acceptors (Lipinski definition) is 2. The van der Waals surface area contributed by atoms with Gasteiger partial charge in [0.2, 0.25) is 0 Å². The minimum Gasteiger partial charge on any atom is -0.328 e. The van der Waals surface area contributed by atoms with Gasteiger partial charge in [0.1, 0.15) is 0 Å². The van der Waals surface area contributed by atoms with Crippen molar-refractivity contribution in [3.05, 3.63) is 0 Å². The predicted octanol–water partition coefficient (Wildman–Crippen LogP) is 0.675. The number of rotatable bonds is 0. The Labute approximate surface area is 68.7 Å². The van der Waals surface area contributed by atoms with E-state index in [0.717, 1.165) is 11.8 Å². The van der Waals surface area contributed by atoms with Crippen LogP contribution >= 0.6 is 0 Å². The van der Waals surface area contributed by atoms with Crippen molar-refractivity contribution in [3.63, 3.8) is 0 Å². The molecule has 2 fully saturated rings. The lowest BCUT2D eigenvalue weighted by Crippen LogP contribution is -2.35. The van der Waals surface area contributed by atoms with E-state index < -0.39 is 0 Å². The standard InChI is InChI=1S/C9H18N2/c1-11-3-2-7-4-9(10)5-8(7)6-11/h7-9H,2-6,10H2,1H3/t7-,8-,9+/m1/s1. The van der Waals surface area contributed by atoms with Gasteiger partial charge in [0.05, 0.1) is 0 Å². The van der Waals surface area contributed by atoms with E-state index in [1.54, 1.807) is 0 Å². The van der Waals surface area contributed by atoms with Crippen LogP contribution in [0.25, 0.3) is 0 Å². The molecule has 2 N–H and O–H groups in total. The molecule has 1 aliphatic carbocycles. The minimum atomic E-state index is 0.511. The average Bonchev–Trinajstić information content (AvgIpc) is 2.27. The molecule has 0 unspecified atom stereocenters. The fourth-order valence-electron chi connectivity index (χ4n) is 2.71. The monoisotopic (exact) mass is 154 g/mol. The fraction of sp³-hybridized carbons (Fsp3) is 1.00. The van der Waals surface area contributed by atoms with E-state index in [0.29, 0.717) is 6.04 Å². The van der Waals surface area contributed by atoms with Crippen LogP contribution in [0.2, 0.25) is 0 Å². The van der Waals surface area contributed by atoms with Crippen LogP contribution in [0.15, 0.2) is 0 Å². The molecule has 2 heteroatoms. The Morgan fingerprint density at radius 1 is 1.27 bits per heavy atom. The van der Waals surface area contributed by atoms with Crippen LogP contribution in [0.4, 0.5) is 0 Å². The predicted molar refractivity (Wildman–Crippen MR) is 46.3 cm³/mol. The first-order chi connectivity index (χ1) is 5.25. The summed E-state index contributed by atoms with van der Waals surface area (Å²) >= 11 is 0. The summed E-state index contributed by atoms with van der Waals surface area (Å²) in [5.74, 6) is 1.88. The van der Waals surface area contributed by atoms with Crippen molar-refractivity contribution in [2.75, 3.05) is 20.1 Å². The minimum absolute atomic E-state index is 0.511. The normalized spacial score (nSPS) is 45.8. The second-order valence-corrected chi connectivity index (χ2v) is 4.30. The third-order valence-electron chi connectivity index (χ3n) is 3.31. The van der Waals surface area contributed by atoms with E-state index in [4.69, 9.17) is 5.73 Å². The highest BCUT2D eigenvalue weighted by atomic mass is 15.1. The van der Waals surface area contributed by atoms with E-state index in [2.05, 4.69) is 11.9 Å².